The number of alkyl halides is 2. The Morgan fingerprint density at radius 3 is 2.40 bits per heavy atom. The van der Waals surface area contributed by atoms with Crippen LogP contribution in [-0.2, 0) is 13.2 Å². The van der Waals surface area contributed by atoms with Crippen LogP contribution in [0.4, 0.5) is 14.5 Å². The van der Waals surface area contributed by atoms with E-state index in [-0.39, 0.29) is 12.4 Å². The zero-order valence-corrected chi connectivity index (χ0v) is 10.7. The average molecular weight is 279 g/mol. The molecule has 2 aromatic rings. The summed E-state index contributed by atoms with van der Waals surface area (Å²) in [5.41, 5.74) is 2.31. The van der Waals surface area contributed by atoms with Crippen molar-refractivity contribution in [2.75, 3.05) is 5.32 Å². The van der Waals surface area contributed by atoms with Crippen molar-refractivity contribution in [2.45, 2.75) is 19.8 Å². The van der Waals surface area contributed by atoms with Crippen LogP contribution in [0.25, 0.3) is 0 Å². The van der Waals surface area contributed by atoms with Crippen LogP contribution in [0, 0.1) is 0 Å². The van der Waals surface area contributed by atoms with Gasteiger partial charge in [-0.25, -0.2) is 0 Å². The minimum atomic E-state index is -2.83. The fourth-order valence-electron chi connectivity index (χ4n) is 1.79. The van der Waals surface area contributed by atoms with Gasteiger partial charge in [-0.15, -0.1) is 0 Å². The molecule has 0 saturated heterocycles. The second-order valence-corrected chi connectivity index (χ2v) is 4.19. The SMILES string of the molecule is OCc1ccc(NCc2ccccc2OC(F)F)cc1. The van der Waals surface area contributed by atoms with Crippen LogP contribution in [0.15, 0.2) is 48.5 Å². The van der Waals surface area contributed by atoms with Gasteiger partial charge in [0.05, 0.1) is 6.61 Å². The van der Waals surface area contributed by atoms with E-state index in [0.29, 0.717) is 12.1 Å². The maximum atomic E-state index is 12.3. The molecule has 0 heterocycles. The second kappa shape index (κ2) is 6.86. The van der Waals surface area contributed by atoms with E-state index in [1.54, 1.807) is 30.3 Å². The van der Waals surface area contributed by atoms with E-state index in [2.05, 4.69) is 10.1 Å². The normalized spacial score (nSPS) is 10.6. The van der Waals surface area contributed by atoms with Gasteiger partial charge in [0.25, 0.3) is 0 Å². The molecule has 0 unspecified atom stereocenters. The Bertz CT molecular complexity index is 544. The third kappa shape index (κ3) is 3.93. The van der Waals surface area contributed by atoms with Crippen molar-refractivity contribution in [1.29, 1.82) is 0 Å². The number of halogens is 2. The van der Waals surface area contributed by atoms with Gasteiger partial charge in [0.2, 0.25) is 0 Å². The van der Waals surface area contributed by atoms with Gasteiger partial charge in [-0.1, -0.05) is 30.3 Å². The lowest BCUT2D eigenvalue weighted by Gasteiger charge is -2.12. The minimum absolute atomic E-state index is 0.00859. The van der Waals surface area contributed by atoms with Crippen LogP contribution in [0.5, 0.6) is 5.75 Å². The van der Waals surface area contributed by atoms with Gasteiger partial charge < -0.3 is 15.2 Å². The highest BCUT2D eigenvalue weighted by atomic mass is 19.3. The predicted octanol–water partition coefficient (Wildman–Crippen LogP) is 3.39. The molecule has 2 N–H and O–H groups in total. The Morgan fingerprint density at radius 1 is 1.05 bits per heavy atom. The van der Waals surface area contributed by atoms with Gasteiger partial charge in [0.1, 0.15) is 5.75 Å². The van der Waals surface area contributed by atoms with Crippen molar-refractivity contribution in [3.63, 3.8) is 0 Å². The van der Waals surface area contributed by atoms with Crippen LogP contribution in [0.1, 0.15) is 11.1 Å². The zero-order chi connectivity index (χ0) is 14.4. The van der Waals surface area contributed by atoms with Gasteiger partial charge in [-0.05, 0) is 23.8 Å². The first-order valence-electron chi connectivity index (χ1n) is 6.15. The van der Waals surface area contributed by atoms with E-state index >= 15 is 0 Å². The molecule has 0 aromatic heterocycles. The van der Waals surface area contributed by atoms with Gasteiger partial charge in [0, 0.05) is 17.8 Å². The van der Waals surface area contributed by atoms with Crippen LogP contribution in [0.2, 0.25) is 0 Å². The first-order valence-corrected chi connectivity index (χ1v) is 6.15. The average Bonchev–Trinajstić information content (AvgIpc) is 2.46. The molecule has 2 aromatic carbocycles. The number of para-hydroxylation sites is 1. The summed E-state index contributed by atoms with van der Waals surface area (Å²) in [6.07, 6.45) is 0. The number of nitrogens with one attached hydrogen (secondary N) is 1. The largest absolute Gasteiger partial charge is 0.434 e. The van der Waals surface area contributed by atoms with E-state index in [4.69, 9.17) is 5.11 Å². The second-order valence-electron chi connectivity index (χ2n) is 4.19. The highest BCUT2D eigenvalue weighted by Crippen LogP contribution is 2.21. The zero-order valence-electron chi connectivity index (χ0n) is 10.7. The number of benzene rings is 2. The summed E-state index contributed by atoms with van der Waals surface area (Å²) in [5, 5.41) is 12.1. The lowest BCUT2D eigenvalue weighted by molar-refractivity contribution is -0.0504. The van der Waals surface area contributed by atoms with E-state index in [1.807, 2.05) is 12.1 Å². The van der Waals surface area contributed by atoms with Crippen molar-refractivity contribution in [3.05, 3.63) is 59.7 Å². The third-order valence-electron chi connectivity index (χ3n) is 2.81. The molecule has 106 valence electrons. The highest BCUT2D eigenvalue weighted by molar-refractivity contribution is 5.46. The lowest BCUT2D eigenvalue weighted by atomic mass is 10.2. The standard InChI is InChI=1S/C15H15F2NO2/c16-15(17)20-14-4-2-1-3-12(14)9-18-13-7-5-11(10-19)6-8-13/h1-8,15,18-19H,9-10H2. The highest BCUT2D eigenvalue weighted by Gasteiger charge is 2.08. The molecular formula is C15H15F2NO2. The molecule has 0 fully saturated rings. The van der Waals surface area contributed by atoms with Crippen molar-refractivity contribution < 1.29 is 18.6 Å². The number of aliphatic hydroxyl groups excluding tert-OH is 1. The minimum Gasteiger partial charge on any atom is -0.434 e. The van der Waals surface area contributed by atoms with Gasteiger partial charge in [-0.2, -0.15) is 8.78 Å². The Balaban J connectivity index is 2.02. The molecule has 0 amide bonds. The van der Waals surface area contributed by atoms with Gasteiger partial charge >= 0.3 is 6.61 Å². The molecule has 0 aliphatic heterocycles. The number of hydrogen-bond donors (Lipinski definition) is 2. The molecule has 20 heavy (non-hydrogen) atoms. The maximum absolute atomic E-state index is 12.3. The smallest absolute Gasteiger partial charge is 0.387 e. The van der Waals surface area contributed by atoms with Crippen LogP contribution >= 0.6 is 0 Å². The number of hydrogen-bond acceptors (Lipinski definition) is 3. The summed E-state index contributed by atoms with van der Waals surface area (Å²) in [6.45, 7) is -2.47. The Kier molecular flexibility index (Phi) is 4.90. The van der Waals surface area contributed by atoms with Crippen molar-refractivity contribution in [3.8, 4) is 5.75 Å². The molecule has 0 aliphatic carbocycles. The van der Waals surface area contributed by atoms with E-state index in [0.717, 1.165) is 11.3 Å². The predicted molar refractivity (Wildman–Crippen MR) is 72.8 cm³/mol. The molecular weight excluding hydrogens is 264 g/mol. The number of aliphatic hydroxyl groups is 1. The van der Waals surface area contributed by atoms with E-state index in [9.17, 15) is 8.78 Å². The molecule has 0 atom stereocenters. The van der Waals surface area contributed by atoms with Crippen molar-refractivity contribution in [2.24, 2.45) is 0 Å². The van der Waals surface area contributed by atoms with Crippen LogP contribution in [0.3, 0.4) is 0 Å². The summed E-state index contributed by atoms with van der Waals surface area (Å²) in [6, 6.07) is 13.9. The monoisotopic (exact) mass is 279 g/mol. The third-order valence-corrected chi connectivity index (χ3v) is 2.81. The quantitative estimate of drug-likeness (QED) is 0.851. The molecule has 2 rings (SSSR count). The first kappa shape index (κ1) is 14.3. The topological polar surface area (TPSA) is 41.5 Å². The van der Waals surface area contributed by atoms with E-state index in [1.165, 1.54) is 6.07 Å². The molecule has 0 saturated carbocycles. The molecule has 0 aliphatic rings. The summed E-state index contributed by atoms with van der Waals surface area (Å²) in [4.78, 5) is 0. The van der Waals surface area contributed by atoms with E-state index < -0.39 is 6.61 Å². The fourth-order valence-corrected chi connectivity index (χ4v) is 1.79. The van der Waals surface area contributed by atoms with Crippen molar-refractivity contribution >= 4 is 5.69 Å². The molecule has 0 bridgehead atoms. The van der Waals surface area contributed by atoms with Gasteiger partial charge in [0.15, 0.2) is 0 Å². The summed E-state index contributed by atoms with van der Waals surface area (Å²) < 4.78 is 29.0. The van der Waals surface area contributed by atoms with Crippen molar-refractivity contribution in [1.82, 2.24) is 0 Å². The molecule has 0 spiro atoms. The lowest BCUT2D eigenvalue weighted by Crippen LogP contribution is -2.07. The number of ether oxygens (including phenoxy) is 1. The van der Waals surface area contributed by atoms with Gasteiger partial charge in [-0.3, -0.25) is 0 Å². The van der Waals surface area contributed by atoms with Crippen LogP contribution < -0.4 is 10.1 Å². The number of anilines is 1. The molecule has 0 radical (unpaired) electrons. The molecule has 5 heteroatoms. The Hall–Kier alpha value is -2.14. The summed E-state index contributed by atoms with van der Waals surface area (Å²) >= 11 is 0. The number of rotatable bonds is 6. The maximum Gasteiger partial charge on any atom is 0.387 e. The summed E-state index contributed by atoms with van der Waals surface area (Å²) in [7, 11) is 0. The fraction of sp³-hybridized carbons (Fsp3) is 0.200. The Morgan fingerprint density at radius 2 is 1.75 bits per heavy atom. The molecule has 3 nitrogen and oxygen atoms in total. The first-order chi connectivity index (χ1) is 9.69. The van der Waals surface area contributed by atoms with Crippen LogP contribution in [-0.4, -0.2) is 11.7 Å². The Labute approximate surface area is 115 Å². The summed E-state index contributed by atoms with van der Waals surface area (Å²) in [5.74, 6) is 0.168.